The third-order valence-corrected chi connectivity index (χ3v) is 6.54. The molecule has 4 rings (SSSR count). The summed E-state index contributed by atoms with van der Waals surface area (Å²) in [5.74, 6) is -0.225. The molecule has 0 bridgehead atoms. The number of nitrogens with zero attached hydrogens (tertiary/aromatic N) is 4. The van der Waals surface area contributed by atoms with Crippen LogP contribution in [0.4, 0.5) is 0 Å². The summed E-state index contributed by atoms with van der Waals surface area (Å²) in [6.07, 6.45) is 7.93. The van der Waals surface area contributed by atoms with Crippen molar-refractivity contribution in [3.05, 3.63) is 43.5 Å². The highest BCUT2D eigenvalue weighted by Gasteiger charge is 2.20. The Morgan fingerprint density at radius 3 is 3.00 bits per heavy atom. The fourth-order valence-corrected chi connectivity index (χ4v) is 5.12. The van der Waals surface area contributed by atoms with Crippen LogP contribution < -0.4 is 10.4 Å². The number of aryl methyl sites for hydroxylation is 4. The highest BCUT2D eigenvalue weighted by atomic mass is 32.1. The molecule has 3 aromatic rings. The normalized spacial score (nSPS) is 14.8. The number of thiophene rings is 1. The molecule has 130 valence electrons. The maximum atomic E-state index is 12.8. The number of aromatic nitrogens is 3. The van der Waals surface area contributed by atoms with Crippen LogP contribution >= 0.6 is 22.7 Å². The minimum absolute atomic E-state index is 0.0288. The molecule has 0 saturated carbocycles. The van der Waals surface area contributed by atoms with Gasteiger partial charge in [-0.2, -0.15) is 4.99 Å². The van der Waals surface area contributed by atoms with Crippen molar-refractivity contribution in [1.29, 1.82) is 0 Å². The molecule has 1 amide bonds. The average molecular weight is 374 g/mol. The minimum atomic E-state index is -0.225. The monoisotopic (exact) mass is 374 g/mol. The van der Waals surface area contributed by atoms with Gasteiger partial charge in [0.2, 0.25) is 5.91 Å². The number of hydrogen-bond acceptors (Lipinski definition) is 5. The summed E-state index contributed by atoms with van der Waals surface area (Å²) in [5, 5.41) is 2.64. The molecule has 0 radical (unpaired) electrons. The van der Waals surface area contributed by atoms with E-state index in [0.29, 0.717) is 11.3 Å². The van der Waals surface area contributed by atoms with E-state index in [-0.39, 0.29) is 17.9 Å². The fourth-order valence-electron chi connectivity index (χ4n) is 3.15. The van der Waals surface area contributed by atoms with Gasteiger partial charge >= 0.3 is 0 Å². The first kappa shape index (κ1) is 16.4. The van der Waals surface area contributed by atoms with Crippen LogP contribution in [0.2, 0.25) is 0 Å². The summed E-state index contributed by atoms with van der Waals surface area (Å²) in [6, 6.07) is 0. The molecule has 0 N–H and O–H groups in total. The van der Waals surface area contributed by atoms with Crippen LogP contribution in [0.25, 0.3) is 10.2 Å². The van der Waals surface area contributed by atoms with Crippen molar-refractivity contribution in [2.24, 2.45) is 12.0 Å². The smallest absolute Gasteiger partial charge is 0.262 e. The average Bonchev–Trinajstić information content (AvgIpc) is 3.18. The number of thiazole rings is 1. The van der Waals surface area contributed by atoms with Crippen molar-refractivity contribution in [3.8, 4) is 0 Å². The van der Waals surface area contributed by atoms with Gasteiger partial charge in [-0.25, -0.2) is 4.98 Å². The van der Waals surface area contributed by atoms with Crippen molar-refractivity contribution < 1.29 is 4.79 Å². The molecule has 1 aliphatic carbocycles. The van der Waals surface area contributed by atoms with Crippen LogP contribution in [-0.2, 0) is 31.2 Å². The Morgan fingerprint density at radius 2 is 2.20 bits per heavy atom. The second-order valence-corrected chi connectivity index (χ2v) is 8.14. The summed E-state index contributed by atoms with van der Waals surface area (Å²) in [6.45, 7) is 0.309. The molecule has 8 heteroatoms. The molecule has 3 heterocycles. The quantitative estimate of drug-likeness (QED) is 0.706. The van der Waals surface area contributed by atoms with E-state index < -0.39 is 0 Å². The topological polar surface area (TPSA) is 69.2 Å². The molecular formula is C17H18N4O2S2. The molecular weight excluding hydrogens is 356 g/mol. The van der Waals surface area contributed by atoms with E-state index in [1.165, 1.54) is 28.2 Å². The van der Waals surface area contributed by atoms with Gasteiger partial charge in [0.1, 0.15) is 4.83 Å². The second-order valence-electron chi connectivity index (χ2n) is 6.19. The first-order valence-electron chi connectivity index (χ1n) is 8.31. The molecule has 0 fully saturated rings. The van der Waals surface area contributed by atoms with Crippen LogP contribution in [0.5, 0.6) is 0 Å². The van der Waals surface area contributed by atoms with Gasteiger partial charge in [0.25, 0.3) is 5.56 Å². The number of carbonyl (C=O) groups excluding carboxylic acids is 1. The molecule has 0 aliphatic heterocycles. The lowest BCUT2D eigenvalue weighted by atomic mass is 9.97. The van der Waals surface area contributed by atoms with Crippen molar-refractivity contribution in [1.82, 2.24) is 14.1 Å². The SMILES string of the molecule is Cn1ccsc1=NC(=O)CCn1cnc2sc3c(c2c1=O)CCCC3. The molecule has 3 aromatic heterocycles. The van der Waals surface area contributed by atoms with Crippen molar-refractivity contribution in [2.45, 2.75) is 38.6 Å². The molecule has 0 spiro atoms. The van der Waals surface area contributed by atoms with Crippen LogP contribution in [0.15, 0.2) is 27.7 Å². The zero-order chi connectivity index (χ0) is 17.4. The van der Waals surface area contributed by atoms with Crippen molar-refractivity contribution in [3.63, 3.8) is 0 Å². The Morgan fingerprint density at radius 1 is 1.36 bits per heavy atom. The predicted octanol–water partition coefficient (Wildman–Crippen LogP) is 2.25. The summed E-state index contributed by atoms with van der Waals surface area (Å²) in [7, 11) is 1.85. The zero-order valence-electron chi connectivity index (χ0n) is 13.9. The fraction of sp³-hybridized carbons (Fsp3) is 0.412. The lowest BCUT2D eigenvalue weighted by Gasteiger charge is -2.10. The number of rotatable bonds is 3. The summed E-state index contributed by atoms with van der Waals surface area (Å²) in [4.78, 5) is 36.3. The molecule has 0 saturated heterocycles. The van der Waals surface area contributed by atoms with Gasteiger partial charge in [0, 0.05) is 36.5 Å². The Bertz CT molecular complexity index is 1070. The number of hydrogen-bond donors (Lipinski definition) is 0. The van der Waals surface area contributed by atoms with Crippen LogP contribution in [-0.4, -0.2) is 20.0 Å². The van der Waals surface area contributed by atoms with Crippen LogP contribution in [0, 0.1) is 0 Å². The largest absolute Gasteiger partial charge is 0.327 e. The number of fused-ring (bicyclic) bond motifs is 3. The lowest BCUT2D eigenvalue weighted by molar-refractivity contribution is -0.118. The van der Waals surface area contributed by atoms with E-state index in [2.05, 4.69) is 9.98 Å². The second kappa shape index (κ2) is 6.68. The standard InChI is InChI=1S/C17H18N4O2S2/c1-20-8-9-24-17(20)19-13(22)6-7-21-10-18-15-14(16(21)23)11-4-2-3-5-12(11)25-15/h8-10H,2-7H2,1H3. The Balaban J connectivity index is 1.60. The van der Waals surface area contributed by atoms with E-state index in [1.54, 1.807) is 26.8 Å². The highest BCUT2D eigenvalue weighted by molar-refractivity contribution is 7.18. The molecule has 6 nitrogen and oxygen atoms in total. The lowest BCUT2D eigenvalue weighted by Crippen LogP contribution is -2.22. The zero-order valence-corrected chi connectivity index (χ0v) is 15.5. The molecule has 0 aromatic carbocycles. The highest BCUT2D eigenvalue weighted by Crippen LogP contribution is 2.33. The van der Waals surface area contributed by atoms with Crippen molar-refractivity contribution in [2.75, 3.05) is 0 Å². The third kappa shape index (κ3) is 3.11. The van der Waals surface area contributed by atoms with Gasteiger partial charge in [-0.15, -0.1) is 22.7 Å². The summed E-state index contributed by atoms with van der Waals surface area (Å²) in [5.41, 5.74) is 1.15. The van der Waals surface area contributed by atoms with Gasteiger partial charge in [0.15, 0.2) is 4.80 Å². The first-order valence-corrected chi connectivity index (χ1v) is 10.0. The Kier molecular flexibility index (Phi) is 4.39. The summed E-state index contributed by atoms with van der Waals surface area (Å²) >= 11 is 3.06. The van der Waals surface area contributed by atoms with E-state index in [4.69, 9.17) is 0 Å². The van der Waals surface area contributed by atoms with E-state index in [9.17, 15) is 9.59 Å². The maximum absolute atomic E-state index is 12.8. The van der Waals surface area contributed by atoms with E-state index >= 15 is 0 Å². The minimum Gasteiger partial charge on any atom is -0.327 e. The van der Waals surface area contributed by atoms with Gasteiger partial charge in [-0.05, 0) is 31.2 Å². The van der Waals surface area contributed by atoms with Crippen molar-refractivity contribution >= 4 is 38.8 Å². The molecule has 1 aliphatic rings. The number of amides is 1. The predicted molar refractivity (Wildman–Crippen MR) is 99.0 cm³/mol. The van der Waals surface area contributed by atoms with E-state index in [1.807, 2.05) is 18.6 Å². The molecule has 25 heavy (non-hydrogen) atoms. The molecule has 0 atom stereocenters. The third-order valence-electron chi connectivity index (χ3n) is 4.49. The van der Waals surface area contributed by atoms with Gasteiger partial charge in [0.05, 0.1) is 11.7 Å². The summed E-state index contributed by atoms with van der Waals surface area (Å²) < 4.78 is 3.35. The Hall–Kier alpha value is -2.06. The number of carbonyl (C=O) groups is 1. The van der Waals surface area contributed by atoms with E-state index in [0.717, 1.165) is 29.5 Å². The van der Waals surface area contributed by atoms with Gasteiger partial charge in [-0.3, -0.25) is 14.2 Å². The first-order chi connectivity index (χ1) is 12.1. The van der Waals surface area contributed by atoms with Gasteiger partial charge < -0.3 is 4.57 Å². The molecule has 0 unspecified atom stereocenters. The van der Waals surface area contributed by atoms with Gasteiger partial charge in [-0.1, -0.05) is 0 Å². The Labute approximate surface area is 152 Å². The van der Waals surface area contributed by atoms with Crippen LogP contribution in [0.3, 0.4) is 0 Å². The van der Waals surface area contributed by atoms with Crippen LogP contribution in [0.1, 0.15) is 29.7 Å². The maximum Gasteiger partial charge on any atom is 0.262 e.